The third-order valence-electron chi connectivity index (χ3n) is 4.17. The summed E-state index contributed by atoms with van der Waals surface area (Å²) >= 11 is 1.84. The van der Waals surface area contributed by atoms with Gasteiger partial charge < -0.3 is 14.2 Å². The maximum absolute atomic E-state index is 12.6. The number of esters is 1. The highest BCUT2D eigenvalue weighted by Gasteiger charge is 2.39. The summed E-state index contributed by atoms with van der Waals surface area (Å²) in [7, 11) is 5.27. The number of carbonyl (C=O) groups excluding carboxylic acids is 1. The zero-order chi connectivity index (χ0) is 16.8. The number of benzene rings is 1. The highest BCUT2D eigenvalue weighted by Crippen LogP contribution is 2.31. The summed E-state index contributed by atoms with van der Waals surface area (Å²) in [6.07, 6.45) is 0. The Kier molecular flexibility index (Phi) is 6.74. The Hall–Kier alpha value is -1.24. The number of thioether (sulfide) groups is 1. The molecule has 0 saturated carbocycles. The van der Waals surface area contributed by atoms with Gasteiger partial charge in [0.15, 0.2) is 0 Å². The highest BCUT2D eigenvalue weighted by atomic mass is 32.2. The Morgan fingerprint density at radius 2 is 2.00 bits per heavy atom. The molecule has 1 aromatic carbocycles. The molecule has 1 heterocycles. The molecule has 2 unspecified atom stereocenters. The van der Waals surface area contributed by atoms with E-state index in [1.54, 1.807) is 14.2 Å². The summed E-state index contributed by atoms with van der Waals surface area (Å²) < 4.78 is 15.9. The number of hydrogen-bond donors (Lipinski definition) is 0. The van der Waals surface area contributed by atoms with Crippen LogP contribution in [0.15, 0.2) is 24.3 Å². The van der Waals surface area contributed by atoms with Gasteiger partial charge in [-0.3, -0.25) is 9.69 Å². The molecule has 1 aliphatic heterocycles. The quantitative estimate of drug-likeness (QED) is 0.742. The van der Waals surface area contributed by atoms with Crippen LogP contribution in [0, 0.1) is 5.92 Å². The predicted octanol–water partition coefficient (Wildman–Crippen LogP) is 2.39. The van der Waals surface area contributed by atoms with E-state index in [0.29, 0.717) is 12.0 Å². The first-order valence-electron chi connectivity index (χ1n) is 7.68. The van der Waals surface area contributed by atoms with Crippen LogP contribution in [0.25, 0.3) is 0 Å². The zero-order valence-corrected chi connectivity index (χ0v) is 15.0. The monoisotopic (exact) mass is 339 g/mol. The van der Waals surface area contributed by atoms with Gasteiger partial charge in [-0.2, -0.15) is 0 Å². The molecule has 128 valence electrons. The van der Waals surface area contributed by atoms with Crippen LogP contribution in [-0.4, -0.2) is 55.9 Å². The van der Waals surface area contributed by atoms with Gasteiger partial charge in [-0.1, -0.05) is 12.1 Å². The number of rotatable bonds is 6. The molecule has 1 saturated heterocycles. The van der Waals surface area contributed by atoms with Gasteiger partial charge in [0.05, 0.1) is 19.1 Å². The van der Waals surface area contributed by atoms with E-state index in [9.17, 15) is 4.79 Å². The largest absolute Gasteiger partial charge is 0.497 e. The fourth-order valence-electron chi connectivity index (χ4n) is 2.70. The van der Waals surface area contributed by atoms with Crippen LogP contribution in [0.3, 0.4) is 0 Å². The second-order valence-electron chi connectivity index (χ2n) is 5.71. The lowest BCUT2D eigenvalue weighted by molar-refractivity contribution is -0.154. The molecular weight excluding hydrogens is 314 g/mol. The molecule has 23 heavy (non-hydrogen) atoms. The van der Waals surface area contributed by atoms with Crippen LogP contribution in [0.4, 0.5) is 0 Å². The number of likely N-dealkylation sites (N-methyl/N-ethyl adjacent to an activating group) is 1. The predicted molar refractivity (Wildman–Crippen MR) is 91.6 cm³/mol. The molecule has 0 radical (unpaired) electrons. The minimum Gasteiger partial charge on any atom is -0.497 e. The lowest BCUT2D eigenvalue weighted by Crippen LogP contribution is -2.53. The minimum atomic E-state index is -0.260. The van der Waals surface area contributed by atoms with E-state index in [1.165, 1.54) is 0 Å². The van der Waals surface area contributed by atoms with Crippen LogP contribution in [-0.2, 0) is 20.9 Å². The standard InChI is InChI=1S/C17H25NO4S/c1-12-18(2)16(14(10-20-3)11-23-12)17(19)22-9-13-5-7-15(21-4)8-6-13/h5-8,12,14,16H,9-11H2,1-4H3/t12-,14?,16?/m1/s1. The zero-order valence-electron chi connectivity index (χ0n) is 14.2. The summed E-state index contributed by atoms with van der Waals surface area (Å²) in [5, 5.41) is 0.293. The van der Waals surface area contributed by atoms with Crippen LogP contribution in [0.2, 0.25) is 0 Å². The van der Waals surface area contributed by atoms with Gasteiger partial charge in [0.25, 0.3) is 0 Å². The fraction of sp³-hybridized carbons (Fsp3) is 0.588. The van der Waals surface area contributed by atoms with Gasteiger partial charge in [-0.25, -0.2) is 0 Å². The lowest BCUT2D eigenvalue weighted by atomic mass is 10.0. The second-order valence-corrected chi connectivity index (χ2v) is 7.06. The summed E-state index contributed by atoms with van der Waals surface area (Å²) in [6.45, 7) is 2.94. The molecule has 6 heteroatoms. The van der Waals surface area contributed by atoms with E-state index in [0.717, 1.165) is 17.1 Å². The molecule has 0 amide bonds. The van der Waals surface area contributed by atoms with Crippen LogP contribution in [0.1, 0.15) is 12.5 Å². The lowest BCUT2D eigenvalue weighted by Gasteiger charge is -2.40. The van der Waals surface area contributed by atoms with E-state index in [-0.39, 0.29) is 24.5 Å². The normalized spacial score (nSPS) is 25.1. The maximum atomic E-state index is 12.6. The number of methoxy groups -OCH3 is 2. The first-order valence-corrected chi connectivity index (χ1v) is 8.73. The van der Waals surface area contributed by atoms with Gasteiger partial charge in [0.1, 0.15) is 18.4 Å². The fourth-order valence-corrected chi connectivity index (χ4v) is 3.87. The van der Waals surface area contributed by atoms with Gasteiger partial charge in [0.2, 0.25) is 0 Å². The van der Waals surface area contributed by atoms with Crippen molar-refractivity contribution < 1.29 is 19.0 Å². The third kappa shape index (κ3) is 4.62. The van der Waals surface area contributed by atoms with Crippen molar-refractivity contribution in [2.75, 3.05) is 33.6 Å². The van der Waals surface area contributed by atoms with Crippen molar-refractivity contribution in [2.24, 2.45) is 5.92 Å². The molecule has 0 aromatic heterocycles. The van der Waals surface area contributed by atoms with E-state index < -0.39 is 0 Å². The van der Waals surface area contributed by atoms with E-state index in [4.69, 9.17) is 14.2 Å². The van der Waals surface area contributed by atoms with Gasteiger partial charge in [-0.15, -0.1) is 11.8 Å². The van der Waals surface area contributed by atoms with Crippen molar-refractivity contribution in [2.45, 2.75) is 24.9 Å². The minimum absolute atomic E-state index is 0.148. The smallest absolute Gasteiger partial charge is 0.324 e. The molecule has 5 nitrogen and oxygen atoms in total. The molecule has 0 aliphatic carbocycles. The van der Waals surface area contributed by atoms with Crippen LogP contribution < -0.4 is 4.74 Å². The van der Waals surface area contributed by atoms with Crippen molar-refractivity contribution >= 4 is 17.7 Å². The van der Waals surface area contributed by atoms with E-state index >= 15 is 0 Å². The summed E-state index contributed by atoms with van der Waals surface area (Å²) in [4.78, 5) is 14.7. The van der Waals surface area contributed by atoms with Crippen LogP contribution >= 0.6 is 11.8 Å². The average Bonchev–Trinajstić information content (AvgIpc) is 2.57. The molecule has 0 bridgehead atoms. The molecule has 2 rings (SSSR count). The molecular formula is C17H25NO4S. The van der Waals surface area contributed by atoms with Crippen LogP contribution in [0.5, 0.6) is 5.75 Å². The van der Waals surface area contributed by atoms with Crippen molar-refractivity contribution in [3.05, 3.63) is 29.8 Å². The highest BCUT2D eigenvalue weighted by molar-refractivity contribution is 7.99. The summed E-state index contributed by atoms with van der Waals surface area (Å²) in [5.41, 5.74) is 0.948. The Morgan fingerprint density at radius 1 is 1.30 bits per heavy atom. The van der Waals surface area contributed by atoms with E-state index in [2.05, 4.69) is 11.8 Å². The Morgan fingerprint density at radius 3 is 2.61 bits per heavy atom. The van der Waals surface area contributed by atoms with Crippen molar-refractivity contribution in [3.63, 3.8) is 0 Å². The summed E-state index contributed by atoms with van der Waals surface area (Å²) in [6, 6.07) is 7.28. The molecule has 3 atom stereocenters. The molecule has 0 spiro atoms. The molecule has 1 aliphatic rings. The van der Waals surface area contributed by atoms with Gasteiger partial charge in [-0.05, 0) is 31.7 Å². The van der Waals surface area contributed by atoms with Crippen molar-refractivity contribution in [1.82, 2.24) is 4.90 Å². The summed E-state index contributed by atoms with van der Waals surface area (Å²) in [5.74, 6) is 1.66. The molecule has 1 fully saturated rings. The number of hydrogen-bond acceptors (Lipinski definition) is 6. The van der Waals surface area contributed by atoms with Gasteiger partial charge in [0, 0.05) is 18.8 Å². The van der Waals surface area contributed by atoms with Gasteiger partial charge >= 0.3 is 5.97 Å². The van der Waals surface area contributed by atoms with Crippen molar-refractivity contribution in [3.8, 4) is 5.75 Å². The second kappa shape index (κ2) is 8.57. The Labute approximate surface area is 142 Å². The Balaban J connectivity index is 1.98. The average molecular weight is 339 g/mol. The third-order valence-corrected chi connectivity index (χ3v) is 5.61. The topological polar surface area (TPSA) is 48.0 Å². The first-order chi connectivity index (χ1) is 11.1. The first kappa shape index (κ1) is 18.1. The van der Waals surface area contributed by atoms with E-state index in [1.807, 2.05) is 43.1 Å². The Bertz CT molecular complexity index is 508. The number of ether oxygens (including phenoxy) is 3. The molecule has 0 N–H and O–H groups in total. The maximum Gasteiger partial charge on any atom is 0.324 e. The number of nitrogens with zero attached hydrogens (tertiary/aromatic N) is 1. The SMILES string of the molecule is COCC1CS[C@H](C)N(C)C1C(=O)OCc1ccc(OC)cc1. The molecule has 1 aromatic rings. The number of carbonyl (C=O) groups is 1. The van der Waals surface area contributed by atoms with Crippen molar-refractivity contribution in [1.29, 1.82) is 0 Å².